The van der Waals surface area contributed by atoms with Gasteiger partial charge in [-0.05, 0) is 25.0 Å². The van der Waals surface area contributed by atoms with Gasteiger partial charge in [0.25, 0.3) is 0 Å². The summed E-state index contributed by atoms with van der Waals surface area (Å²) >= 11 is 0. The molecular formula is C13H17F3N4O. The van der Waals surface area contributed by atoms with E-state index < -0.39 is 11.7 Å². The van der Waals surface area contributed by atoms with Gasteiger partial charge in [-0.2, -0.15) is 13.2 Å². The topological polar surface area (TPSA) is 57.3 Å². The van der Waals surface area contributed by atoms with Gasteiger partial charge in [-0.1, -0.05) is 0 Å². The molecule has 0 radical (unpaired) electrons. The Morgan fingerprint density at radius 2 is 1.90 bits per heavy atom. The monoisotopic (exact) mass is 302 g/mol. The summed E-state index contributed by atoms with van der Waals surface area (Å²) in [7, 11) is 1.49. The molecule has 2 N–H and O–H groups in total. The zero-order chi connectivity index (χ0) is 15.5. The molecule has 0 unspecified atom stereocenters. The minimum absolute atomic E-state index is 0.0294. The van der Waals surface area contributed by atoms with Gasteiger partial charge in [0.15, 0.2) is 0 Å². The summed E-state index contributed by atoms with van der Waals surface area (Å²) in [6.07, 6.45) is -2.52. The number of hydrogen-bond donors (Lipinski definition) is 2. The van der Waals surface area contributed by atoms with Crippen LogP contribution in [0, 0.1) is 0 Å². The maximum atomic E-state index is 12.8. The molecule has 1 aromatic heterocycles. The van der Waals surface area contributed by atoms with Crippen LogP contribution in [0.2, 0.25) is 0 Å². The van der Waals surface area contributed by atoms with Crippen LogP contribution in [0.4, 0.5) is 24.8 Å². The van der Waals surface area contributed by atoms with E-state index in [4.69, 9.17) is 0 Å². The fraction of sp³-hybridized carbons (Fsp3) is 0.538. The van der Waals surface area contributed by atoms with Crippen molar-refractivity contribution in [2.45, 2.75) is 19.0 Å². The van der Waals surface area contributed by atoms with E-state index in [1.54, 1.807) is 4.90 Å². The van der Waals surface area contributed by atoms with E-state index >= 15 is 0 Å². The molecule has 5 nitrogen and oxygen atoms in total. The molecule has 1 saturated heterocycles. The number of pyridine rings is 1. The Labute approximate surface area is 120 Å². The van der Waals surface area contributed by atoms with E-state index in [0.717, 1.165) is 25.0 Å². The fourth-order valence-electron chi connectivity index (χ4n) is 2.16. The third kappa shape index (κ3) is 3.99. The summed E-state index contributed by atoms with van der Waals surface area (Å²) in [6, 6.07) is 1.82. The molecular weight excluding hydrogens is 285 g/mol. The molecule has 0 aliphatic carbocycles. The number of hydrogen-bond acceptors (Lipinski definition) is 4. The highest BCUT2D eigenvalue weighted by Gasteiger charge is 2.31. The summed E-state index contributed by atoms with van der Waals surface area (Å²) in [5.74, 6) is 0.000359. The molecule has 1 aliphatic heterocycles. The number of carbonyl (C=O) groups excluding carboxylic acids is 1. The second-order valence-corrected chi connectivity index (χ2v) is 4.82. The standard InChI is InChI=1S/C13H17F3N4O/c1-17-10-6-9(13(14,15)16)7-11(19-10)18-8-12(21)20-4-2-3-5-20/h6-7H,2-5,8H2,1H3,(H2,17,18,19). The number of rotatable bonds is 4. The van der Waals surface area contributed by atoms with Crippen molar-refractivity contribution in [1.82, 2.24) is 9.88 Å². The highest BCUT2D eigenvalue weighted by atomic mass is 19.4. The van der Waals surface area contributed by atoms with Crippen LogP contribution in [-0.2, 0) is 11.0 Å². The zero-order valence-corrected chi connectivity index (χ0v) is 11.6. The van der Waals surface area contributed by atoms with Crippen LogP contribution in [0.5, 0.6) is 0 Å². The lowest BCUT2D eigenvalue weighted by atomic mass is 10.2. The number of aromatic nitrogens is 1. The predicted octanol–water partition coefficient (Wildman–Crippen LogP) is 2.18. The summed E-state index contributed by atoms with van der Waals surface area (Å²) in [5.41, 5.74) is -0.807. The van der Waals surface area contributed by atoms with Gasteiger partial charge in [-0.15, -0.1) is 0 Å². The highest BCUT2D eigenvalue weighted by molar-refractivity contribution is 5.80. The molecule has 1 fully saturated rings. The van der Waals surface area contributed by atoms with Gasteiger partial charge in [-0.3, -0.25) is 4.79 Å². The van der Waals surface area contributed by atoms with Gasteiger partial charge < -0.3 is 15.5 Å². The SMILES string of the molecule is CNc1cc(C(F)(F)F)cc(NCC(=O)N2CCCC2)n1. The van der Waals surface area contributed by atoms with Crippen molar-refractivity contribution in [1.29, 1.82) is 0 Å². The minimum atomic E-state index is -4.45. The Bertz CT molecular complexity index is 513. The second kappa shape index (κ2) is 6.19. The molecule has 21 heavy (non-hydrogen) atoms. The van der Waals surface area contributed by atoms with E-state index in [-0.39, 0.29) is 24.1 Å². The van der Waals surface area contributed by atoms with Gasteiger partial charge in [0.2, 0.25) is 5.91 Å². The molecule has 0 aromatic carbocycles. The van der Waals surface area contributed by atoms with Gasteiger partial charge >= 0.3 is 6.18 Å². The summed E-state index contributed by atoms with van der Waals surface area (Å²) < 4.78 is 38.3. The van der Waals surface area contributed by atoms with E-state index in [1.807, 2.05) is 0 Å². The summed E-state index contributed by atoms with van der Waals surface area (Å²) in [5, 5.41) is 5.24. The predicted molar refractivity (Wildman–Crippen MR) is 73.1 cm³/mol. The highest BCUT2D eigenvalue weighted by Crippen LogP contribution is 2.31. The molecule has 2 heterocycles. The third-order valence-corrected chi connectivity index (χ3v) is 3.29. The van der Waals surface area contributed by atoms with Crippen molar-refractivity contribution in [3.8, 4) is 0 Å². The Hall–Kier alpha value is -1.99. The molecule has 0 atom stereocenters. The Kier molecular flexibility index (Phi) is 4.54. The van der Waals surface area contributed by atoms with Crippen molar-refractivity contribution in [2.24, 2.45) is 0 Å². The van der Waals surface area contributed by atoms with Crippen LogP contribution in [0.3, 0.4) is 0 Å². The van der Waals surface area contributed by atoms with Crippen LogP contribution in [0.1, 0.15) is 18.4 Å². The largest absolute Gasteiger partial charge is 0.416 e. The first-order valence-electron chi connectivity index (χ1n) is 6.69. The van der Waals surface area contributed by atoms with E-state index in [1.165, 1.54) is 7.05 Å². The first-order chi connectivity index (χ1) is 9.90. The van der Waals surface area contributed by atoms with Crippen LogP contribution in [0.15, 0.2) is 12.1 Å². The van der Waals surface area contributed by atoms with Crippen molar-refractivity contribution in [3.63, 3.8) is 0 Å². The lowest BCUT2D eigenvalue weighted by Crippen LogP contribution is -2.33. The maximum absolute atomic E-state index is 12.8. The van der Waals surface area contributed by atoms with Gasteiger partial charge in [0.05, 0.1) is 12.1 Å². The van der Waals surface area contributed by atoms with Gasteiger partial charge in [0.1, 0.15) is 11.6 Å². The zero-order valence-electron chi connectivity index (χ0n) is 11.6. The number of likely N-dealkylation sites (tertiary alicyclic amines) is 1. The number of nitrogens with one attached hydrogen (secondary N) is 2. The minimum Gasteiger partial charge on any atom is -0.373 e. The average Bonchev–Trinajstić information content (AvgIpc) is 2.97. The lowest BCUT2D eigenvalue weighted by molar-refractivity contribution is -0.137. The smallest absolute Gasteiger partial charge is 0.373 e. The number of alkyl halides is 3. The van der Waals surface area contributed by atoms with Crippen LogP contribution in [-0.4, -0.2) is 42.5 Å². The van der Waals surface area contributed by atoms with Crippen LogP contribution in [0.25, 0.3) is 0 Å². The number of amides is 1. The molecule has 1 aliphatic rings. The van der Waals surface area contributed by atoms with Gasteiger partial charge in [0, 0.05) is 20.1 Å². The quantitative estimate of drug-likeness (QED) is 0.895. The number of nitrogens with zero attached hydrogens (tertiary/aromatic N) is 2. The number of halogens is 3. The molecule has 8 heteroatoms. The lowest BCUT2D eigenvalue weighted by Gasteiger charge is -2.16. The average molecular weight is 302 g/mol. The Morgan fingerprint density at radius 3 is 2.48 bits per heavy atom. The molecule has 2 rings (SSSR count). The Morgan fingerprint density at radius 1 is 1.29 bits per heavy atom. The van der Waals surface area contributed by atoms with Gasteiger partial charge in [-0.25, -0.2) is 4.98 Å². The van der Waals surface area contributed by atoms with E-state index in [9.17, 15) is 18.0 Å². The fourth-order valence-corrected chi connectivity index (χ4v) is 2.16. The van der Waals surface area contributed by atoms with E-state index in [2.05, 4.69) is 15.6 Å². The Balaban J connectivity index is 2.06. The molecule has 0 saturated carbocycles. The first kappa shape index (κ1) is 15.4. The van der Waals surface area contributed by atoms with Crippen molar-refractivity contribution in [3.05, 3.63) is 17.7 Å². The van der Waals surface area contributed by atoms with Crippen molar-refractivity contribution < 1.29 is 18.0 Å². The second-order valence-electron chi connectivity index (χ2n) is 4.82. The van der Waals surface area contributed by atoms with Crippen molar-refractivity contribution in [2.75, 3.05) is 37.3 Å². The molecule has 0 spiro atoms. The van der Waals surface area contributed by atoms with E-state index in [0.29, 0.717) is 13.1 Å². The normalized spacial score (nSPS) is 15.1. The number of anilines is 2. The van der Waals surface area contributed by atoms with Crippen LogP contribution < -0.4 is 10.6 Å². The summed E-state index contributed by atoms with van der Waals surface area (Å²) in [6.45, 7) is 1.36. The number of carbonyl (C=O) groups is 1. The first-order valence-corrected chi connectivity index (χ1v) is 6.69. The molecule has 1 aromatic rings. The molecule has 1 amide bonds. The molecule has 0 bridgehead atoms. The van der Waals surface area contributed by atoms with Crippen molar-refractivity contribution >= 4 is 17.5 Å². The third-order valence-electron chi connectivity index (χ3n) is 3.29. The molecule has 116 valence electrons. The summed E-state index contributed by atoms with van der Waals surface area (Å²) in [4.78, 5) is 17.5. The van der Waals surface area contributed by atoms with Crippen LogP contribution >= 0.6 is 0 Å². The maximum Gasteiger partial charge on any atom is 0.416 e.